The molecule has 0 radical (unpaired) electrons. The highest BCUT2D eigenvalue weighted by molar-refractivity contribution is 6.01. The van der Waals surface area contributed by atoms with E-state index in [0.29, 0.717) is 5.56 Å². The van der Waals surface area contributed by atoms with E-state index in [2.05, 4.69) is 0 Å². The van der Waals surface area contributed by atoms with Gasteiger partial charge in [-0.1, -0.05) is 36.4 Å². The minimum Gasteiger partial charge on any atom is -0.465 e. The smallest absolute Gasteiger partial charge is 0.409 e. The third-order valence-corrected chi connectivity index (χ3v) is 3.66. The van der Waals surface area contributed by atoms with Gasteiger partial charge in [-0.15, -0.1) is 0 Å². The second-order valence-electron chi connectivity index (χ2n) is 5.43. The van der Waals surface area contributed by atoms with Gasteiger partial charge in [-0.3, -0.25) is 9.59 Å². The van der Waals surface area contributed by atoms with Crippen molar-refractivity contribution in [1.82, 2.24) is 0 Å². The number of ether oxygens (including phenoxy) is 2. The molecule has 0 amide bonds. The van der Waals surface area contributed by atoms with Gasteiger partial charge in [0.2, 0.25) is 0 Å². The molecule has 1 rings (SSSR count). The molecular formula is C18H21F3O4. The highest BCUT2D eigenvalue weighted by Crippen LogP contribution is 2.40. The van der Waals surface area contributed by atoms with E-state index in [0.717, 1.165) is 6.08 Å². The van der Waals surface area contributed by atoms with Gasteiger partial charge >= 0.3 is 18.1 Å². The maximum Gasteiger partial charge on any atom is 0.409 e. The molecule has 1 aromatic rings. The van der Waals surface area contributed by atoms with Gasteiger partial charge in [-0.2, -0.15) is 13.2 Å². The molecule has 0 N–H and O–H groups in total. The highest BCUT2D eigenvalue weighted by Gasteiger charge is 2.51. The van der Waals surface area contributed by atoms with Crippen molar-refractivity contribution in [3.05, 3.63) is 48.0 Å². The molecule has 0 aliphatic rings. The van der Waals surface area contributed by atoms with Crippen molar-refractivity contribution in [2.24, 2.45) is 5.41 Å². The van der Waals surface area contributed by atoms with Crippen molar-refractivity contribution in [3.8, 4) is 0 Å². The fourth-order valence-electron chi connectivity index (χ4n) is 2.40. The molecule has 0 aliphatic carbocycles. The first kappa shape index (κ1) is 20.7. The van der Waals surface area contributed by atoms with Crippen molar-refractivity contribution < 1.29 is 32.2 Å². The molecule has 1 aromatic carbocycles. The first-order valence-electron chi connectivity index (χ1n) is 7.82. The minimum absolute atomic E-state index is 0.0152. The van der Waals surface area contributed by atoms with Gasteiger partial charge < -0.3 is 9.47 Å². The summed E-state index contributed by atoms with van der Waals surface area (Å²) in [5.41, 5.74) is -1.58. The van der Waals surface area contributed by atoms with Crippen LogP contribution in [0.15, 0.2) is 42.5 Å². The molecule has 4 nitrogen and oxygen atoms in total. The monoisotopic (exact) mass is 358 g/mol. The quantitative estimate of drug-likeness (QED) is 0.420. The highest BCUT2D eigenvalue weighted by atomic mass is 19.4. The summed E-state index contributed by atoms with van der Waals surface area (Å²) in [4.78, 5) is 25.0. The Labute approximate surface area is 144 Å². The van der Waals surface area contributed by atoms with Crippen LogP contribution < -0.4 is 0 Å². The van der Waals surface area contributed by atoms with Gasteiger partial charge in [-0.25, -0.2) is 0 Å². The zero-order valence-corrected chi connectivity index (χ0v) is 14.3. The Balaban J connectivity index is 3.49. The number of carbonyl (C=O) groups excluding carboxylic acids is 2. The van der Waals surface area contributed by atoms with E-state index in [1.807, 2.05) is 0 Å². The number of alkyl halides is 3. The molecule has 0 unspecified atom stereocenters. The zero-order valence-electron chi connectivity index (χ0n) is 14.3. The van der Waals surface area contributed by atoms with Gasteiger partial charge in [-0.05, 0) is 26.3 Å². The molecule has 0 aliphatic heterocycles. The van der Waals surface area contributed by atoms with Crippen LogP contribution in [0.5, 0.6) is 0 Å². The fourth-order valence-corrected chi connectivity index (χ4v) is 2.40. The van der Waals surface area contributed by atoms with Crippen LogP contribution in [-0.2, 0) is 19.1 Å². The largest absolute Gasteiger partial charge is 0.465 e. The molecule has 0 spiro atoms. The van der Waals surface area contributed by atoms with Crippen LogP contribution in [0.3, 0.4) is 0 Å². The number of hydrogen-bond donors (Lipinski definition) is 0. The first-order valence-corrected chi connectivity index (χ1v) is 7.82. The molecule has 7 heteroatoms. The summed E-state index contributed by atoms with van der Waals surface area (Å²) in [7, 11) is 0. The SMILES string of the molecule is CCOC(=O)C(C)(C(=O)OCC)[C@@H](/C=C/C(F)(F)F)c1ccccc1. The Morgan fingerprint density at radius 3 is 1.92 bits per heavy atom. The van der Waals surface area contributed by atoms with Crippen LogP contribution in [0.2, 0.25) is 0 Å². The van der Waals surface area contributed by atoms with E-state index in [-0.39, 0.29) is 19.3 Å². The number of hydrogen-bond acceptors (Lipinski definition) is 4. The van der Waals surface area contributed by atoms with Crippen molar-refractivity contribution in [2.75, 3.05) is 13.2 Å². The third kappa shape index (κ3) is 5.34. The lowest BCUT2D eigenvalue weighted by molar-refractivity contribution is -0.171. The Morgan fingerprint density at radius 1 is 1.04 bits per heavy atom. The molecule has 0 saturated carbocycles. The van der Waals surface area contributed by atoms with Crippen LogP contribution in [0.4, 0.5) is 13.2 Å². The molecule has 1 atom stereocenters. The topological polar surface area (TPSA) is 52.6 Å². The van der Waals surface area contributed by atoms with Gasteiger partial charge in [0, 0.05) is 12.0 Å². The van der Waals surface area contributed by atoms with E-state index < -0.39 is 29.4 Å². The van der Waals surface area contributed by atoms with Crippen molar-refractivity contribution in [1.29, 1.82) is 0 Å². The number of halogens is 3. The average Bonchev–Trinajstić information content (AvgIpc) is 2.55. The van der Waals surface area contributed by atoms with Crippen molar-refractivity contribution in [2.45, 2.75) is 32.9 Å². The number of carbonyl (C=O) groups is 2. The van der Waals surface area contributed by atoms with E-state index in [9.17, 15) is 22.8 Å². The Hall–Kier alpha value is -2.31. The molecule has 25 heavy (non-hydrogen) atoms. The lowest BCUT2D eigenvalue weighted by atomic mass is 9.73. The van der Waals surface area contributed by atoms with Crippen LogP contribution in [0.1, 0.15) is 32.3 Å². The molecule has 0 heterocycles. The Bertz CT molecular complexity index is 590. The zero-order chi connectivity index (χ0) is 19.1. The Kier molecular flexibility index (Phi) is 7.21. The van der Waals surface area contributed by atoms with E-state index in [1.165, 1.54) is 6.92 Å². The molecule has 138 valence electrons. The molecule has 0 aromatic heterocycles. The summed E-state index contributed by atoms with van der Waals surface area (Å²) >= 11 is 0. The first-order chi connectivity index (χ1) is 11.7. The predicted molar refractivity (Wildman–Crippen MR) is 85.8 cm³/mol. The molecule has 0 saturated heterocycles. The van der Waals surface area contributed by atoms with E-state index >= 15 is 0 Å². The minimum atomic E-state index is -4.59. The normalized spacial score (nSPS) is 13.5. The summed E-state index contributed by atoms with van der Waals surface area (Å²) in [5.74, 6) is -3.07. The number of allylic oxidation sites excluding steroid dienone is 2. The van der Waals surface area contributed by atoms with Crippen LogP contribution >= 0.6 is 0 Å². The number of rotatable bonds is 7. The van der Waals surface area contributed by atoms with Gasteiger partial charge in [0.1, 0.15) is 0 Å². The molecule has 0 bridgehead atoms. The lowest BCUT2D eigenvalue weighted by Crippen LogP contribution is -2.44. The second-order valence-corrected chi connectivity index (χ2v) is 5.43. The fraction of sp³-hybridized carbons (Fsp3) is 0.444. The Morgan fingerprint density at radius 2 is 1.52 bits per heavy atom. The van der Waals surface area contributed by atoms with Gasteiger partial charge in [0.25, 0.3) is 0 Å². The van der Waals surface area contributed by atoms with E-state index in [4.69, 9.17) is 9.47 Å². The maximum atomic E-state index is 12.7. The van der Waals surface area contributed by atoms with Crippen LogP contribution in [0.25, 0.3) is 0 Å². The summed E-state index contributed by atoms with van der Waals surface area (Å²) in [6, 6.07) is 7.99. The number of esters is 2. The summed E-state index contributed by atoms with van der Waals surface area (Å²) in [5, 5.41) is 0. The van der Waals surface area contributed by atoms with Crippen LogP contribution in [-0.4, -0.2) is 31.3 Å². The average molecular weight is 358 g/mol. The lowest BCUT2D eigenvalue weighted by Gasteiger charge is -2.32. The second kappa shape index (κ2) is 8.69. The van der Waals surface area contributed by atoms with Crippen molar-refractivity contribution in [3.63, 3.8) is 0 Å². The molecular weight excluding hydrogens is 337 g/mol. The van der Waals surface area contributed by atoms with Crippen LogP contribution in [0, 0.1) is 5.41 Å². The summed E-state index contributed by atoms with van der Waals surface area (Å²) in [6.07, 6.45) is -3.78. The summed E-state index contributed by atoms with van der Waals surface area (Å²) in [6.45, 7) is 4.30. The molecule has 0 fully saturated rings. The van der Waals surface area contributed by atoms with Crippen molar-refractivity contribution >= 4 is 11.9 Å². The predicted octanol–water partition coefficient (Wildman–Crippen LogP) is 4.02. The van der Waals surface area contributed by atoms with Gasteiger partial charge in [0.15, 0.2) is 5.41 Å². The number of benzene rings is 1. The standard InChI is InChI=1S/C18H21F3O4/c1-4-24-15(22)17(3,16(23)25-5-2)14(11-12-18(19,20)21)13-9-7-6-8-10-13/h6-12,14H,4-5H2,1-3H3/b12-11+/t14-/m0/s1. The van der Waals surface area contributed by atoms with E-state index in [1.54, 1.807) is 44.2 Å². The van der Waals surface area contributed by atoms with Gasteiger partial charge in [0.05, 0.1) is 13.2 Å². The maximum absolute atomic E-state index is 12.7. The summed E-state index contributed by atoms with van der Waals surface area (Å²) < 4.78 is 48.0. The third-order valence-electron chi connectivity index (χ3n) is 3.66.